The van der Waals surface area contributed by atoms with Crippen LogP contribution in [0.5, 0.6) is 11.5 Å². The van der Waals surface area contributed by atoms with Crippen LogP contribution in [0.2, 0.25) is 0 Å². The Morgan fingerprint density at radius 2 is 0.822 bits per heavy atom. The largest absolute Gasteiger partial charge is 2.00 e. The van der Waals surface area contributed by atoms with Crippen molar-refractivity contribution in [3.63, 3.8) is 0 Å². The summed E-state index contributed by atoms with van der Waals surface area (Å²) in [6, 6.07) is 21.6. The molecule has 4 aromatic rings. The first-order valence-corrected chi connectivity index (χ1v) is 15.0. The second-order valence-electron chi connectivity index (χ2n) is 12.2. The second kappa shape index (κ2) is 15.9. The monoisotopic (exact) mass is 658 g/mol. The molecule has 0 aliphatic heterocycles. The molecule has 0 amide bonds. The number of phenolic OH excluding ortho intramolecular Hbond substituents is 2. The molecule has 4 aromatic carbocycles. The third-order valence-electron chi connectivity index (χ3n) is 7.70. The number of aromatic hydroxyl groups is 2. The van der Waals surface area contributed by atoms with Gasteiger partial charge in [0.15, 0.2) is 0 Å². The van der Waals surface area contributed by atoms with E-state index in [-0.39, 0.29) is 65.8 Å². The fourth-order valence-electron chi connectivity index (χ4n) is 5.59. The van der Waals surface area contributed by atoms with Gasteiger partial charge >= 0.3 is 19.5 Å². The van der Waals surface area contributed by atoms with Crippen molar-refractivity contribution in [3.8, 4) is 33.8 Å². The van der Waals surface area contributed by atoms with Crippen LogP contribution in [0.25, 0.3) is 22.3 Å². The Bertz CT molecular complexity index is 1500. The molecule has 4 rings (SSSR count). The Morgan fingerprint density at radius 1 is 0.533 bits per heavy atom. The molecule has 0 aliphatic carbocycles. The van der Waals surface area contributed by atoms with Crippen molar-refractivity contribution in [2.45, 2.75) is 79.1 Å². The normalized spacial score (nSPS) is 10.9. The number of carbonyl (C=O) groups is 2. The molecule has 45 heavy (non-hydrogen) atoms. The maximum Gasteiger partial charge on any atom is 2.00 e. The first-order chi connectivity index (χ1) is 20.7. The van der Waals surface area contributed by atoms with Gasteiger partial charge in [0.2, 0.25) is 0 Å². The van der Waals surface area contributed by atoms with E-state index in [9.17, 15) is 30.0 Å². The molecule has 0 aliphatic rings. The summed E-state index contributed by atoms with van der Waals surface area (Å²) < 4.78 is 0. The Balaban J connectivity index is 0.000000307. The van der Waals surface area contributed by atoms with Gasteiger partial charge in [-0.05, 0) is 69.2 Å². The van der Waals surface area contributed by atoms with Crippen LogP contribution in [0.1, 0.15) is 122 Å². The average Bonchev–Trinajstić information content (AvgIpc) is 2.96. The Labute approximate surface area is 279 Å². The number of benzene rings is 4. The predicted octanol–water partition coefficient (Wildman–Crippen LogP) is 7.34. The molecule has 232 valence electrons. The van der Waals surface area contributed by atoms with Gasteiger partial charge in [-0.3, -0.25) is 0 Å². The van der Waals surface area contributed by atoms with Crippen molar-refractivity contribution in [2.75, 3.05) is 0 Å². The first-order valence-electron chi connectivity index (χ1n) is 15.0. The van der Waals surface area contributed by atoms with Crippen molar-refractivity contribution in [3.05, 3.63) is 106 Å². The van der Waals surface area contributed by atoms with Crippen LogP contribution >= 0.6 is 0 Å². The summed E-state index contributed by atoms with van der Waals surface area (Å²) in [6.45, 7) is 15.5. The second-order valence-corrected chi connectivity index (χ2v) is 12.2. The molecule has 7 heteroatoms. The quantitative estimate of drug-likeness (QED) is 0.191. The van der Waals surface area contributed by atoms with Gasteiger partial charge in [0.25, 0.3) is 0 Å². The number of aromatic carboxylic acids is 2. The molecule has 0 fully saturated rings. The van der Waals surface area contributed by atoms with E-state index in [1.165, 1.54) is 0 Å². The molecule has 0 saturated carbocycles. The average molecular weight is 660 g/mol. The van der Waals surface area contributed by atoms with Gasteiger partial charge in [-0.15, -0.1) is 0 Å². The van der Waals surface area contributed by atoms with E-state index in [1.54, 1.807) is 12.1 Å². The van der Waals surface area contributed by atoms with E-state index in [2.05, 4.69) is 0 Å². The van der Waals surface area contributed by atoms with Gasteiger partial charge in [-0.25, -0.2) is 0 Å². The van der Waals surface area contributed by atoms with Gasteiger partial charge < -0.3 is 30.0 Å². The number of rotatable bonds is 8. The maximum atomic E-state index is 11.7. The molecule has 0 heterocycles. The van der Waals surface area contributed by atoms with Crippen LogP contribution in [-0.4, -0.2) is 22.2 Å². The number of carboxylic acids is 2. The summed E-state index contributed by atoms with van der Waals surface area (Å²) in [6.07, 6.45) is 0. The standard InChI is InChI=1S/2C19H22O3.Zn/c2*1-11(2)14-10-15(19(21)22)17(13-8-6-5-7-9-13)16(12(3)4)18(14)20;/h2*5-12,20H,1-4H3,(H,21,22);/q;;+2/p-2. The third kappa shape index (κ3) is 8.21. The van der Waals surface area contributed by atoms with Crippen LogP contribution in [0, 0.1) is 0 Å². The molecule has 0 aromatic heterocycles. The van der Waals surface area contributed by atoms with E-state index in [1.807, 2.05) is 116 Å². The number of phenols is 2. The molecule has 0 spiro atoms. The van der Waals surface area contributed by atoms with E-state index in [4.69, 9.17) is 0 Å². The van der Waals surface area contributed by atoms with E-state index < -0.39 is 11.9 Å². The van der Waals surface area contributed by atoms with Gasteiger partial charge in [0.1, 0.15) is 11.5 Å². The molecule has 0 saturated heterocycles. The molecule has 0 unspecified atom stereocenters. The molecule has 6 nitrogen and oxygen atoms in total. The van der Waals surface area contributed by atoms with Crippen molar-refractivity contribution in [1.82, 2.24) is 0 Å². The van der Waals surface area contributed by atoms with Crippen molar-refractivity contribution >= 4 is 11.9 Å². The predicted molar refractivity (Wildman–Crippen MR) is 172 cm³/mol. The van der Waals surface area contributed by atoms with Crippen molar-refractivity contribution < 1.29 is 49.5 Å². The van der Waals surface area contributed by atoms with Crippen LogP contribution in [-0.2, 0) is 19.5 Å². The summed E-state index contributed by atoms with van der Waals surface area (Å²) >= 11 is 0. The zero-order valence-electron chi connectivity index (χ0n) is 27.5. The van der Waals surface area contributed by atoms with Crippen molar-refractivity contribution in [1.29, 1.82) is 0 Å². The van der Waals surface area contributed by atoms with Crippen LogP contribution in [0.4, 0.5) is 0 Å². The first kappa shape index (κ1) is 37.2. The van der Waals surface area contributed by atoms with Crippen molar-refractivity contribution in [2.24, 2.45) is 0 Å². The molecule has 2 N–H and O–H groups in total. The summed E-state index contributed by atoms with van der Waals surface area (Å²) in [5.74, 6) is -2.02. The SMILES string of the molecule is CC(C)c1cc(C(=O)[O-])c(-c2ccccc2)c(C(C)C)c1O.CC(C)c1cc(C(=O)[O-])c(-c2ccccc2)c(C(C)C)c1O.[Zn+2]. The van der Waals surface area contributed by atoms with E-state index >= 15 is 0 Å². The third-order valence-corrected chi connectivity index (χ3v) is 7.70. The van der Waals surface area contributed by atoms with Gasteiger partial charge in [-0.2, -0.15) is 0 Å². The van der Waals surface area contributed by atoms with Gasteiger partial charge in [0.05, 0.1) is 11.9 Å². The Hall–Kier alpha value is -3.96. The molecule has 0 bridgehead atoms. The minimum absolute atomic E-state index is 0. The fourth-order valence-corrected chi connectivity index (χ4v) is 5.59. The molecule has 0 radical (unpaired) electrons. The zero-order chi connectivity index (χ0) is 32.9. The molecule has 0 atom stereocenters. The smallest absolute Gasteiger partial charge is 0.545 e. The summed E-state index contributed by atoms with van der Waals surface area (Å²) in [5, 5.41) is 44.7. The maximum absolute atomic E-state index is 11.7. The number of hydrogen-bond acceptors (Lipinski definition) is 6. The zero-order valence-corrected chi connectivity index (χ0v) is 30.4. The van der Waals surface area contributed by atoms with Gasteiger partial charge in [0, 0.05) is 22.3 Å². The summed E-state index contributed by atoms with van der Waals surface area (Å²) in [7, 11) is 0. The number of carboxylic acid groups (broad SMARTS) is 2. The van der Waals surface area contributed by atoms with Gasteiger partial charge in [-0.1, -0.05) is 116 Å². The summed E-state index contributed by atoms with van der Waals surface area (Å²) in [5.41, 5.74) is 5.54. The van der Waals surface area contributed by atoms with Crippen LogP contribution in [0.3, 0.4) is 0 Å². The Kier molecular flexibility index (Phi) is 13.1. The minimum Gasteiger partial charge on any atom is -0.545 e. The van der Waals surface area contributed by atoms with E-state index in [0.717, 1.165) is 11.1 Å². The topological polar surface area (TPSA) is 121 Å². The van der Waals surface area contributed by atoms with Crippen LogP contribution < -0.4 is 10.2 Å². The fraction of sp³-hybridized carbons (Fsp3) is 0.316. The van der Waals surface area contributed by atoms with E-state index in [0.29, 0.717) is 33.4 Å². The number of hydrogen-bond donors (Lipinski definition) is 2. The number of carbonyl (C=O) groups excluding carboxylic acids is 2. The minimum atomic E-state index is -1.22. The Morgan fingerprint density at radius 3 is 1.04 bits per heavy atom. The molecular formula is C38H42O6Zn. The molecular weight excluding hydrogens is 618 g/mol. The van der Waals surface area contributed by atoms with Crippen LogP contribution in [0.15, 0.2) is 72.8 Å². The summed E-state index contributed by atoms with van der Waals surface area (Å²) in [4.78, 5) is 23.3.